The van der Waals surface area contributed by atoms with Crippen molar-refractivity contribution in [2.45, 2.75) is 4.90 Å². The highest BCUT2D eigenvalue weighted by Gasteiger charge is 2.00. The van der Waals surface area contributed by atoms with Gasteiger partial charge in [-0.2, -0.15) is 0 Å². The predicted molar refractivity (Wildman–Crippen MR) is 67.8 cm³/mol. The smallest absolute Gasteiger partial charge is 0.144 e. The van der Waals surface area contributed by atoms with Gasteiger partial charge in [0.15, 0.2) is 0 Å². The van der Waals surface area contributed by atoms with Crippen molar-refractivity contribution in [1.82, 2.24) is 0 Å². The highest BCUT2D eigenvalue weighted by atomic mass is 32.1. The number of aromatic hydroxyl groups is 1. The molecule has 0 heterocycles. The Kier molecular flexibility index (Phi) is 3.19. The molecule has 0 amide bonds. The fourth-order valence-electron chi connectivity index (χ4n) is 1.29. The summed E-state index contributed by atoms with van der Waals surface area (Å²) in [5.74, 6) is 6.04. The number of thiol groups is 1. The average molecular weight is 226 g/mol. The summed E-state index contributed by atoms with van der Waals surface area (Å²) >= 11 is 4.13. The van der Waals surface area contributed by atoms with Crippen LogP contribution in [0, 0.1) is 11.8 Å². The third-order valence-electron chi connectivity index (χ3n) is 2.13. The Morgan fingerprint density at radius 1 is 0.875 bits per heavy atom. The van der Waals surface area contributed by atoms with Gasteiger partial charge >= 0.3 is 0 Å². The molecule has 2 aromatic carbocycles. The molecule has 0 aliphatic carbocycles. The minimum atomic E-state index is 0.134. The molecule has 0 aliphatic heterocycles. The molecule has 0 radical (unpaired) electrons. The van der Waals surface area contributed by atoms with Crippen LogP contribution in [0.15, 0.2) is 53.4 Å². The summed E-state index contributed by atoms with van der Waals surface area (Å²) in [7, 11) is 0. The third kappa shape index (κ3) is 2.39. The summed E-state index contributed by atoms with van der Waals surface area (Å²) in [5, 5.41) is 9.70. The summed E-state index contributed by atoms with van der Waals surface area (Å²) in [6, 6.07) is 15.0. The summed E-state index contributed by atoms with van der Waals surface area (Å²) in [6.45, 7) is 0. The summed E-state index contributed by atoms with van der Waals surface area (Å²) in [6.07, 6.45) is 0. The van der Waals surface area contributed by atoms with Crippen molar-refractivity contribution < 1.29 is 5.11 Å². The van der Waals surface area contributed by atoms with Crippen LogP contribution in [-0.4, -0.2) is 5.11 Å². The summed E-state index contributed by atoms with van der Waals surface area (Å²) in [5.41, 5.74) is 1.52. The van der Waals surface area contributed by atoms with Gasteiger partial charge in [-0.3, -0.25) is 0 Å². The lowest BCUT2D eigenvalue weighted by atomic mass is 10.1. The Labute approximate surface area is 100 Å². The fraction of sp³-hybridized carbons (Fsp3) is 0. The Balaban J connectivity index is 2.35. The molecule has 0 spiro atoms. The van der Waals surface area contributed by atoms with Gasteiger partial charge in [0.25, 0.3) is 0 Å². The maximum absolute atomic E-state index is 9.70. The molecule has 0 saturated heterocycles. The maximum atomic E-state index is 9.70. The zero-order valence-corrected chi connectivity index (χ0v) is 9.41. The first-order valence-electron chi connectivity index (χ1n) is 4.85. The lowest BCUT2D eigenvalue weighted by Gasteiger charge is -1.98. The van der Waals surface area contributed by atoms with E-state index in [-0.39, 0.29) is 5.75 Å². The van der Waals surface area contributed by atoms with Gasteiger partial charge in [0.2, 0.25) is 0 Å². The van der Waals surface area contributed by atoms with Crippen LogP contribution in [0.4, 0.5) is 0 Å². The first-order chi connectivity index (χ1) is 7.77. The minimum absolute atomic E-state index is 0.134. The molecular formula is C14H10OS. The first kappa shape index (κ1) is 10.7. The monoisotopic (exact) mass is 226 g/mol. The Morgan fingerprint density at radius 3 is 2.38 bits per heavy atom. The predicted octanol–water partition coefficient (Wildman–Crippen LogP) is 3.08. The SMILES string of the molecule is Oc1c(S)cccc1C#Cc1ccccc1. The molecule has 0 aromatic heterocycles. The second kappa shape index (κ2) is 4.78. The normalized spacial score (nSPS) is 9.31. The molecule has 1 nitrogen and oxygen atoms in total. The topological polar surface area (TPSA) is 20.2 Å². The maximum Gasteiger partial charge on any atom is 0.144 e. The van der Waals surface area contributed by atoms with Crippen LogP contribution in [0.3, 0.4) is 0 Å². The first-order valence-corrected chi connectivity index (χ1v) is 5.30. The van der Waals surface area contributed by atoms with E-state index in [2.05, 4.69) is 24.5 Å². The van der Waals surface area contributed by atoms with Crippen LogP contribution in [0.1, 0.15) is 11.1 Å². The Hall–Kier alpha value is -1.85. The minimum Gasteiger partial charge on any atom is -0.505 e. The Morgan fingerprint density at radius 2 is 1.62 bits per heavy atom. The van der Waals surface area contributed by atoms with Crippen molar-refractivity contribution in [1.29, 1.82) is 0 Å². The number of phenols is 1. The molecule has 0 saturated carbocycles. The number of rotatable bonds is 0. The van der Waals surface area contributed by atoms with E-state index in [1.54, 1.807) is 12.1 Å². The van der Waals surface area contributed by atoms with Crippen molar-refractivity contribution in [2.75, 3.05) is 0 Å². The number of hydrogen-bond donors (Lipinski definition) is 2. The molecule has 0 aliphatic rings. The van der Waals surface area contributed by atoms with Gasteiger partial charge in [0.1, 0.15) is 5.75 Å². The van der Waals surface area contributed by atoms with E-state index < -0.39 is 0 Å². The molecule has 2 aromatic rings. The van der Waals surface area contributed by atoms with Crippen molar-refractivity contribution in [3.8, 4) is 17.6 Å². The van der Waals surface area contributed by atoms with Crippen molar-refractivity contribution >= 4 is 12.6 Å². The van der Waals surface area contributed by atoms with E-state index in [9.17, 15) is 5.11 Å². The van der Waals surface area contributed by atoms with Crippen molar-refractivity contribution in [2.24, 2.45) is 0 Å². The number of para-hydroxylation sites is 1. The summed E-state index contributed by atoms with van der Waals surface area (Å²) in [4.78, 5) is 0.542. The lowest BCUT2D eigenvalue weighted by Crippen LogP contribution is -1.78. The number of benzene rings is 2. The van der Waals surface area contributed by atoms with Crippen LogP contribution in [-0.2, 0) is 0 Å². The molecule has 0 fully saturated rings. The fourth-order valence-corrected chi connectivity index (χ4v) is 1.50. The van der Waals surface area contributed by atoms with Gasteiger partial charge in [-0.15, -0.1) is 12.6 Å². The van der Waals surface area contributed by atoms with Gasteiger partial charge in [0.05, 0.1) is 5.56 Å². The average Bonchev–Trinajstić information content (AvgIpc) is 2.32. The number of hydrogen-bond acceptors (Lipinski definition) is 2. The number of phenolic OH excluding ortho intramolecular Hbond substituents is 1. The molecule has 2 heteroatoms. The van der Waals surface area contributed by atoms with Crippen LogP contribution in [0.2, 0.25) is 0 Å². The highest BCUT2D eigenvalue weighted by molar-refractivity contribution is 7.80. The molecule has 0 bridgehead atoms. The second-order valence-electron chi connectivity index (χ2n) is 3.29. The molecule has 16 heavy (non-hydrogen) atoms. The molecule has 0 unspecified atom stereocenters. The standard InChI is InChI=1S/C14H10OS/c15-14-12(7-4-8-13(14)16)10-9-11-5-2-1-3-6-11/h1-8,15-16H. The van der Waals surface area contributed by atoms with Gasteiger partial charge < -0.3 is 5.11 Å². The largest absolute Gasteiger partial charge is 0.505 e. The lowest BCUT2D eigenvalue weighted by molar-refractivity contribution is 0.461. The van der Waals surface area contributed by atoms with E-state index in [1.165, 1.54) is 0 Å². The van der Waals surface area contributed by atoms with Gasteiger partial charge in [-0.1, -0.05) is 36.1 Å². The second-order valence-corrected chi connectivity index (χ2v) is 3.77. The van der Waals surface area contributed by atoms with E-state index in [4.69, 9.17) is 0 Å². The van der Waals surface area contributed by atoms with Gasteiger partial charge in [-0.05, 0) is 24.3 Å². The molecule has 2 rings (SSSR count). The zero-order chi connectivity index (χ0) is 11.4. The van der Waals surface area contributed by atoms with Gasteiger partial charge in [0, 0.05) is 10.5 Å². The summed E-state index contributed by atoms with van der Waals surface area (Å²) < 4.78 is 0. The molecule has 78 valence electrons. The van der Waals surface area contributed by atoms with Crippen LogP contribution < -0.4 is 0 Å². The Bertz CT molecular complexity index is 550. The van der Waals surface area contributed by atoms with E-state index >= 15 is 0 Å². The van der Waals surface area contributed by atoms with Crippen molar-refractivity contribution in [3.63, 3.8) is 0 Å². The van der Waals surface area contributed by atoms with Gasteiger partial charge in [-0.25, -0.2) is 0 Å². The van der Waals surface area contributed by atoms with Crippen LogP contribution in [0.25, 0.3) is 0 Å². The molecule has 0 atom stereocenters. The highest BCUT2D eigenvalue weighted by Crippen LogP contribution is 2.24. The van der Waals surface area contributed by atoms with Crippen LogP contribution in [0.5, 0.6) is 5.75 Å². The molecule has 1 N–H and O–H groups in total. The third-order valence-corrected chi connectivity index (χ3v) is 2.49. The van der Waals surface area contributed by atoms with Crippen LogP contribution >= 0.6 is 12.6 Å². The van der Waals surface area contributed by atoms with Crippen molar-refractivity contribution in [3.05, 3.63) is 59.7 Å². The quantitative estimate of drug-likeness (QED) is 0.522. The molecular weight excluding hydrogens is 216 g/mol. The van der Waals surface area contributed by atoms with E-state index in [0.717, 1.165) is 5.56 Å². The van der Waals surface area contributed by atoms with E-state index in [1.807, 2.05) is 36.4 Å². The zero-order valence-electron chi connectivity index (χ0n) is 8.51. The van der Waals surface area contributed by atoms with E-state index in [0.29, 0.717) is 10.5 Å².